The van der Waals surface area contributed by atoms with E-state index in [1.807, 2.05) is 0 Å². The zero-order valence-electron chi connectivity index (χ0n) is 12.0. The molecule has 1 atom stereocenters. The van der Waals surface area contributed by atoms with Crippen molar-refractivity contribution in [3.8, 4) is 0 Å². The highest BCUT2D eigenvalue weighted by molar-refractivity contribution is 6.01. The second-order valence-corrected chi connectivity index (χ2v) is 4.91. The van der Waals surface area contributed by atoms with E-state index in [0.717, 1.165) is 4.90 Å². The number of nitrogens with one attached hydrogen (secondary N) is 2. The molecule has 1 unspecified atom stereocenters. The summed E-state index contributed by atoms with van der Waals surface area (Å²) in [5, 5.41) is 5.55. The number of nitrogen functional groups attached to an aromatic ring is 1. The van der Waals surface area contributed by atoms with Gasteiger partial charge in [0.05, 0.1) is 11.4 Å². The average Bonchev–Trinajstić information content (AvgIpc) is 2.48. The highest BCUT2D eigenvalue weighted by Crippen LogP contribution is 2.23. The minimum atomic E-state index is -0.485. The van der Waals surface area contributed by atoms with Gasteiger partial charge in [-0.1, -0.05) is 0 Å². The van der Waals surface area contributed by atoms with Gasteiger partial charge < -0.3 is 16.4 Å². The Bertz CT molecular complexity index is 600. The molecule has 7 nitrogen and oxygen atoms in total. The largest absolute Gasteiger partial charge is 0.397 e. The lowest BCUT2D eigenvalue weighted by molar-refractivity contribution is -0.146. The standard InChI is InChI=1S/C14H18N4O3/c1-16-13(20)8-3-4-10(9(15)7-8)17-11-5-6-12(19)18(2)14(11)21/h3-4,7,11,17H,5-6,15H2,1-2H3,(H,16,20). The van der Waals surface area contributed by atoms with Crippen molar-refractivity contribution >= 4 is 29.1 Å². The van der Waals surface area contributed by atoms with Crippen LogP contribution in [0.4, 0.5) is 11.4 Å². The van der Waals surface area contributed by atoms with E-state index < -0.39 is 6.04 Å². The summed E-state index contributed by atoms with van der Waals surface area (Å²) in [7, 11) is 3.01. The minimum absolute atomic E-state index is 0.180. The molecule has 7 heteroatoms. The van der Waals surface area contributed by atoms with Crippen molar-refractivity contribution < 1.29 is 14.4 Å². The van der Waals surface area contributed by atoms with Gasteiger partial charge in [0.15, 0.2) is 0 Å². The van der Waals surface area contributed by atoms with Gasteiger partial charge in [0.1, 0.15) is 6.04 Å². The summed E-state index contributed by atoms with van der Waals surface area (Å²) in [6.07, 6.45) is 0.745. The van der Waals surface area contributed by atoms with E-state index in [-0.39, 0.29) is 17.7 Å². The normalized spacial score (nSPS) is 18.6. The monoisotopic (exact) mass is 290 g/mol. The number of amides is 3. The number of hydrogen-bond donors (Lipinski definition) is 3. The van der Waals surface area contributed by atoms with Crippen molar-refractivity contribution in [3.63, 3.8) is 0 Å². The summed E-state index contributed by atoms with van der Waals surface area (Å²) in [5.74, 6) is -0.686. The van der Waals surface area contributed by atoms with Gasteiger partial charge >= 0.3 is 0 Å². The lowest BCUT2D eigenvalue weighted by atomic mass is 10.0. The van der Waals surface area contributed by atoms with Gasteiger partial charge in [-0.05, 0) is 24.6 Å². The topological polar surface area (TPSA) is 105 Å². The predicted octanol–water partition coefficient (Wildman–Crippen LogP) is 0.188. The molecule has 4 N–H and O–H groups in total. The Morgan fingerprint density at radius 1 is 1.38 bits per heavy atom. The Balaban J connectivity index is 2.15. The van der Waals surface area contributed by atoms with E-state index in [2.05, 4.69) is 10.6 Å². The molecular formula is C14H18N4O3. The summed E-state index contributed by atoms with van der Waals surface area (Å²) in [5.41, 5.74) is 7.30. The highest BCUT2D eigenvalue weighted by atomic mass is 16.2. The fourth-order valence-corrected chi connectivity index (χ4v) is 2.22. The van der Waals surface area contributed by atoms with Crippen LogP contribution in [0, 0.1) is 0 Å². The van der Waals surface area contributed by atoms with E-state index in [9.17, 15) is 14.4 Å². The Morgan fingerprint density at radius 2 is 2.10 bits per heavy atom. The lowest BCUT2D eigenvalue weighted by Gasteiger charge is -2.29. The molecule has 0 saturated carbocycles. The zero-order chi connectivity index (χ0) is 15.6. The van der Waals surface area contributed by atoms with Gasteiger partial charge in [-0.15, -0.1) is 0 Å². The first kappa shape index (κ1) is 14.8. The van der Waals surface area contributed by atoms with Crippen LogP contribution in [-0.4, -0.2) is 42.8 Å². The number of benzene rings is 1. The summed E-state index contributed by atoms with van der Waals surface area (Å²) in [4.78, 5) is 36.1. The van der Waals surface area contributed by atoms with Crippen LogP contribution in [0.3, 0.4) is 0 Å². The first-order valence-corrected chi connectivity index (χ1v) is 6.62. The predicted molar refractivity (Wildman–Crippen MR) is 78.7 cm³/mol. The van der Waals surface area contributed by atoms with Crippen LogP contribution in [0.15, 0.2) is 18.2 Å². The molecule has 0 aromatic heterocycles. The molecule has 1 aliphatic rings. The number of carbonyl (C=O) groups is 3. The molecule has 0 bridgehead atoms. The van der Waals surface area contributed by atoms with Crippen LogP contribution in [0.1, 0.15) is 23.2 Å². The maximum Gasteiger partial charge on any atom is 0.251 e. The highest BCUT2D eigenvalue weighted by Gasteiger charge is 2.31. The Hall–Kier alpha value is -2.57. The average molecular weight is 290 g/mol. The molecule has 1 heterocycles. The molecule has 1 fully saturated rings. The van der Waals surface area contributed by atoms with Crippen LogP contribution in [-0.2, 0) is 9.59 Å². The Kier molecular flexibility index (Phi) is 4.11. The molecule has 1 aliphatic heterocycles. The van der Waals surface area contributed by atoms with Crippen molar-refractivity contribution in [1.82, 2.24) is 10.2 Å². The van der Waals surface area contributed by atoms with E-state index in [1.165, 1.54) is 14.1 Å². The molecule has 21 heavy (non-hydrogen) atoms. The van der Waals surface area contributed by atoms with E-state index in [1.54, 1.807) is 18.2 Å². The molecule has 0 radical (unpaired) electrons. The fourth-order valence-electron chi connectivity index (χ4n) is 2.22. The summed E-state index contributed by atoms with van der Waals surface area (Å²) >= 11 is 0. The van der Waals surface area contributed by atoms with E-state index in [0.29, 0.717) is 29.8 Å². The van der Waals surface area contributed by atoms with Gasteiger partial charge in [0.25, 0.3) is 11.8 Å². The first-order chi connectivity index (χ1) is 9.93. The molecular weight excluding hydrogens is 272 g/mol. The number of imide groups is 1. The van der Waals surface area contributed by atoms with Crippen LogP contribution in [0.25, 0.3) is 0 Å². The summed E-state index contributed by atoms with van der Waals surface area (Å²) < 4.78 is 0. The maximum atomic E-state index is 12.0. The van der Waals surface area contributed by atoms with Crippen LogP contribution < -0.4 is 16.4 Å². The fraction of sp³-hybridized carbons (Fsp3) is 0.357. The number of likely N-dealkylation sites (N-methyl/N-ethyl adjacent to an activating group) is 1. The maximum absolute atomic E-state index is 12.0. The third kappa shape index (κ3) is 2.96. The van der Waals surface area contributed by atoms with Crippen LogP contribution >= 0.6 is 0 Å². The second kappa shape index (κ2) is 5.82. The second-order valence-electron chi connectivity index (χ2n) is 4.91. The van der Waals surface area contributed by atoms with Gasteiger partial charge in [-0.3, -0.25) is 19.3 Å². The molecule has 1 aromatic rings. The third-order valence-corrected chi connectivity index (χ3v) is 3.52. The number of nitrogens with zero attached hydrogens (tertiary/aromatic N) is 1. The Morgan fingerprint density at radius 3 is 2.71 bits per heavy atom. The molecule has 2 rings (SSSR count). The lowest BCUT2D eigenvalue weighted by Crippen LogP contribution is -2.48. The van der Waals surface area contributed by atoms with Crippen molar-refractivity contribution in [3.05, 3.63) is 23.8 Å². The smallest absolute Gasteiger partial charge is 0.251 e. The molecule has 0 spiro atoms. The van der Waals surface area contributed by atoms with Crippen molar-refractivity contribution in [1.29, 1.82) is 0 Å². The van der Waals surface area contributed by atoms with Gasteiger partial charge in [0.2, 0.25) is 5.91 Å². The third-order valence-electron chi connectivity index (χ3n) is 3.52. The van der Waals surface area contributed by atoms with E-state index >= 15 is 0 Å². The summed E-state index contributed by atoms with van der Waals surface area (Å²) in [6, 6.07) is 4.34. The molecule has 0 aliphatic carbocycles. The first-order valence-electron chi connectivity index (χ1n) is 6.62. The van der Waals surface area contributed by atoms with E-state index in [4.69, 9.17) is 5.73 Å². The number of carbonyl (C=O) groups excluding carboxylic acids is 3. The number of nitrogens with two attached hydrogens (primary N) is 1. The van der Waals surface area contributed by atoms with Crippen molar-refractivity contribution in [2.45, 2.75) is 18.9 Å². The number of piperidine rings is 1. The Labute approximate surface area is 122 Å². The van der Waals surface area contributed by atoms with Gasteiger partial charge in [-0.25, -0.2) is 0 Å². The van der Waals surface area contributed by atoms with Crippen LogP contribution in [0.5, 0.6) is 0 Å². The van der Waals surface area contributed by atoms with Crippen LogP contribution in [0.2, 0.25) is 0 Å². The van der Waals surface area contributed by atoms with Crippen molar-refractivity contribution in [2.75, 3.05) is 25.1 Å². The number of likely N-dealkylation sites (tertiary alicyclic amines) is 1. The van der Waals surface area contributed by atoms with Gasteiger partial charge in [0, 0.05) is 26.1 Å². The van der Waals surface area contributed by atoms with Gasteiger partial charge in [-0.2, -0.15) is 0 Å². The quantitative estimate of drug-likeness (QED) is 0.544. The van der Waals surface area contributed by atoms with Crippen molar-refractivity contribution in [2.24, 2.45) is 0 Å². The molecule has 1 aromatic carbocycles. The number of rotatable bonds is 3. The summed E-state index contributed by atoms with van der Waals surface area (Å²) in [6.45, 7) is 0. The molecule has 1 saturated heterocycles. The molecule has 112 valence electrons. The zero-order valence-corrected chi connectivity index (χ0v) is 12.0. The number of hydrogen-bond acceptors (Lipinski definition) is 5. The molecule has 3 amide bonds. The SMILES string of the molecule is CNC(=O)c1ccc(NC2CCC(=O)N(C)C2=O)c(N)c1. The minimum Gasteiger partial charge on any atom is -0.397 e. The number of anilines is 2.